The Kier molecular flexibility index (Phi) is 9.00. The zero-order chi connectivity index (χ0) is 21.4. The highest BCUT2D eigenvalue weighted by atomic mass is 16.5. The van der Waals surface area contributed by atoms with Crippen molar-refractivity contribution in [2.75, 3.05) is 6.61 Å². The highest BCUT2D eigenvalue weighted by Gasteiger charge is 2.26. The monoisotopic (exact) mass is 386 g/mol. The van der Waals surface area contributed by atoms with Crippen molar-refractivity contribution in [2.45, 2.75) is 74.7 Å². The number of rotatable bonds is 8. The van der Waals surface area contributed by atoms with Crippen LogP contribution < -0.4 is 10.4 Å². The van der Waals surface area contributed by atoms with Crippen molar-refractivity contribution in [1.29, 1.82) is 0 Å². The summed E-state index contributed by atoms with van der Waals surface area (Å²) in [4.78, 5) is 11.5. The number of allylic oxidation sites excluding steroid dienone is 1. The fourth-order valence-corrected chi connectivity index (χ4v) is 3.50. The van der Waals surface area contributed by atoms with Crippen LogP contribution in [0.25, 0.3) is 11.0 Å². The molecule has 0 saturated heterocycles. The van der Waals surface area contributed by atoms with Gasteiger partial charge in [-0.2, -0.15) is 0 Å². The highest BCUT2D eigenvalue weighted by molar-refractivity contribution is 5.81. The molecule has 0 amide bonds. The number of hydrogen-bond acceptors (Lipinski definition) is 3. The van der Waals surface area contributed by atoms with Gasteiger partial charge in [0.2, 0.25) is 0 Å². The molecule has 0 aliphatic carbocycles. The molecule has 0 bridgehead atoms. The Balaban J connectivity index is 0.00000190. The summed E-state index contributed by atoms with van der Waals surface area (Å²) in [6.07, 6.45) is 7.70. The van der Waals surface area contributed by atoms with Crippen LogP contribution in [0.2, 0.25) is 0 Å². The number of ether oxygens (including phenoxy) is 1. The van der Waals surface area contributed by atoms with E-state index in [0.717, 1.165) is 17.4 Å². The van der Waals surface area contributed by atoms with Gasteiger partial charge in [-0.05, 0) is 48.3 Å². The van der Waals surface area contributed by atoms with Crippen LogP contribution in [-0.2, 0) is 0 Å². The molecule has 0 aliphatic heterocycles. The first-order valence-electron chi connectivity index (χ1n) is 10.4. The molecule has 3 nitrogen and oxygen atoms in total. The summed E-state index contributed by atoms with van der Waals surface area (Å²) < 4.78 is 11.0. The van der Waals surface area contributed by atoms with Gasteiger partial charge in [-0.3, -0.25) is 0 Å². The Hall–Kier alpha value is -2.03. The third-order valence-electron chi connectivity index (χ3n) is 5.02. The van der Waals surface area contributed by atoms with Gasteiger partial charge in [0.15, 0.2) is 0 Å². The van der Waals surface area contributed by atoms with Gasteiger partial charge in [-0.1, -0.05) is 67.0 Å². The van der Waals surface area contributed by atoms with Gasteiger partial charge in [0, 0.05) is 17.5 Å². The van der Waals surface area contributed by atoms with Crippen LogP contribution in [0.3, 0.4) is 0 Å². The maximum Gasteiger partial charge on any atom is 0.336 e. The lowest BCUT2D eigenvalue weighted by molar-refractivity contribution is 0.190. The Morgan fingerprint density at radius 3 is 2.36 bits per heavy atom. The molecule has 0 radical (unpaired) electrons. The molecular weight excluding hydrogens is 348 g/mol. The second-order valence-corrected chi connectivity index (χ2v) is 8.75. The largest absolute Gasteiger partial charge is 0.489 e. The van der Waals surface area contributed by atoms with E-state index in [-0.39, 0.29) is 11.0 Å². The minimum Gasteiger partial charge on any atom is -0.489 e. The minimum absolute atomic E-state index is 0.278. The molecule has 0 saturated carbocycles. The van der Waals surface area contributed by atoms with Crippen LogP contribution in [-0.4, -0.2) is 6.61 Å². The zero-order valence-electron chi connectivity index (χ0n) is 19.0. The zero-order valence-corrected chi connectivity index (χ0v) is 19.0. The lowest BCUT2D eigenvalue weighted by Gasteiger charge is -2.33. The molecule has 2 rings (SSSR count). The average Bonchev–Trinajstić information content (AvgIpc) is 2.61. The summed E-state index contributed by atoms with van der Waals surface area (Å²) in [5.74, 6) is 0.710. The summed E-state index contributed by atoms with van der Waals surface area (Å²) in [7, 11) is 0. The van der Waals surface area contributed by atoms with E-state index in [1.54, 1.807) is 6.07 Å². The van der Waals surface area contributed by atoms with E-state index in [1.165, 1.54) is 18.9 Å². The van der Waals surface area contributed by atoms with Crippen molar-refractivity contribution in [1.82, 2.24) is 0 Å². The first-order valence-corrected chi connectivity index (χ1v) is 10.4. The minimum atomic E-state index is -0.329. The van der Waals surface area contributed by atoms with Gasteiger partial charge in [0.05, 0.1) is 0 Å². The molecule has 0 N–H and O–H groups in total. The summed E-state index contributed by atoms with van der Waals surface area (Å²) in [5.41, 5.74) is 1.81. The lowest BCUT2D eigenvalue weighted by atomic mass is 9.72. The maximum absolute atomic E-state index is 11.5. The average molecular weight is 387 g/mol. The predicted octanol–water partition coefficient (Wildman–Crippen LogP) is 7.31. The molecule has 156 valence electrons. The van der Waals surface area contributed by atoms with Gasteiger partial charge in [0.25, 0.3) is 0 Å². The van der Waals surface area contributed by atoms with Gasteiger partial charge in [-0.25, -0.2) is 4.79 Å². The molecule has 1 aromatic carbocycles. The second kappa shape index (κ2) is 10.5. The van der Waals surface area contributed by atoms with E-state index in [2.05, 4.69) is 46.8 Å². The molecule has 0 fully saturated rings. The molecular formula is C25H38O3. The number of aryl methyl sites for hydroxylation is 1. The van der Waals surface area contributed by atoms with Crippen molar-refractivity contribution in [2.24, 2.45) is 10.8 Å². The molecule has 0 aliphatic rings. The maximum atomic E-state index is 11.5. The Morgan fingerprint density at radius 2 is 1.71 bits per heavy atom. The second-order valence-electron chi connectivity index (χ2n) is 8.75. The number of hydrogen-bond donors (Lipinski definition) is 0. The molecule has 0 atom stereocenters. The van der Waals surface area contributed by atoms with Crippen LogP contribution in [0.15, 0.2) is 45.6 Å². The number of benzene rings is 1. The standard InChI is InChI=1S/C23H32O3.C2H6/c1-7-22(3,4)16-23(5,6)12-8-9-13-25-18-10-11-19-17(2)14-21(24)26-20(19)15-18;1-2/h8-11,14-15H,7,12-13,16H2,1-6H3;1-2H3/b9-8+;. The summed E-state index contributed by atoms with van der Waals surface area (Å²) >= 11 is 0. The molecule has 0 spiro atoms. The van der Waals surface area contributed by atoms with Crippen molar-refractivity contribution in [3.05, 3.63) is 52.4 Å². The van der Waals surface area contributed by atoms with Crippen molar-refractivity contribution in [3.63, 3.8) is 0 Å². The summed E-state index contributed by atoms with van der Waals surface area (Å²) in [6.45, 7) is 18.0. The molecule has 0 unspecified atom stereocenters. The van der Waals surface area contributed by atoms with Crippen LogP contribution in [0.4, 0.5) is 0 Å². The van der Waals surface area contributed by atoms with Crippen LogP contribution in [0.1, 0.15) is 73.3 Å². The topological polar surface area (TPSA) is 39.4 Å². The molecule has 1 heterocycles. The summed E-state index contributed by atoms with van der Waals surface area (Å²) in [5, 5.41) is 0.938. The number of fused-ring (bicyclic) bond motifs is 1. The smallest absolute Gasteiger partial charge is 0.336 e. The Bertz CT molecular complexity index is 825. The quantitative estimate of drug-likeness (QED) is 0.353. The third-order valence-corrected chi connectivity index (χ3v) is 5.02. The SMILES string of the molecule is CC.CCC(C)(C)CC(C)(C)C/C=C/COc1ccc2c(C)cc(=O)oc2c1. The molecule has 1 aromatic heterocycles. The normalized spacial score (nSPS) is 12.1. The van der Waals surface area contributed by atoms with E-state index >= 15 is 0 Å². The lowest BCUT2D eigenvalue weighted by Crippen LogP contribution is -2.22. The summed E-state index contributed by atoms with van der Waals surface area (Å²) in [6, 6.07) is 7.14. The van der Waals surface area contributed by atoms with E-state index in [4.69, 9.17) is 9.15 Å². The van der Waals surface area contributed by atoms with Crippen molar-refractivity contribution >= 4 is 11.0 Å². The first kappa shape index (κ1) is 24.0. The van der Waals surface area contributed by atoms with E-state index < -0.39 is 0 Å². The fourth-order valence-electron chi connectivity index (χ4n) is 3.50. The Morgan fingerprint density at radius 1 is 1.04 bits per heavy atom. The van der Waals surface area contributed by atoms with Gasteiger partial charge < -0.3 is 9.15 Å². The van der Waals surface area contributed by atoms with Crippen molar-refractivity contribution in [3.8, 4) is 5.75 Å². The van der Waals surface area contributed by atoms with E-state index in [1.807, 2.05) is 32.9 Å². The molecule has 2 aromatic rings. The first-order chi connectivity index (χ1) is 13.1. The van der Waals surface area contributed by atoms with E-state index in [0.29, 0.717) is 23.4 Å². The van der Waals surface area contributed by atoms with Crippen LogP contribution in [0.5, 0.6) is 5.75 Å². The molecule has 28 heavy (non-hydrogen) atoms. The third kappa shape index (κ3) is 7.53. The predicted molar refractivity (Wildman–Crippen MR) is 120 cm³/mol. The van der Waals surface area contributed by atoms with E-state index in [9.17, 15) is 4.79 Å². The Labute approximate surface area is 170 Å². The van der Waals surface area contributed by atoms with Crippen LogP contribution in [0, 0.1) is 17.8 Å². The molecule has 3 heteroatoms. The van der Waals surface area contributed by atoms with Crippen molar-refractivity contribution < 1.29 is 9.15 Å². The van der Waals surface area contributed by atoms with Crippen LogP contribution >= 0.6 is 0 Å². The fraction of sp³-hybridized carbons (Fsp3) is 0.560. The van der Waals surface area contributed by atoms with Gasteiger partial charge in [-0.15, -0.1) is 0 Å². The van der Waals surface area contributed by atoms with Gasteiger partial charge >= 0.3 is 5.63 Å². The van der Waals surface area contributed by atoms with Gasteiger partial charge in [0.1, 0.15) is 17.9 Å². The highest BCUT2D eigenvalue weighted by Crippen LogP contribution is 2.38.